The molecule has 3 aromatic rings. The first-order chi connectivity index (χ1) is 19.8. The summed E-state index contributed by atoms with van der Waals surface area (Å²) < 4.78 is 33.3. The molecule has 0 N–H and O–H groups in total. The number of likely N-dealkylation sites (tertiary alicyclic amines) is 1. The van der Waals surface area contributed by atoms with Crippen LogP contribution in [0.5, 0.6) is 5.75 Å². The molecule has 0 spiro atoms. The summed E-state index contributed by atoms with van der Waals surface area (Å²) in [6.07, 6.45) is 4.98. The highest BCUT2D eigenvalue weighted by molar-refractivity contribution is 5.89. The van der Waals surface area contributed by atoms with Crippen LogP contribution in [-0.2, 0) is 21.5 Å². The van der Waals surface area contributed by atoms with Crippen LogP contribution in [-0.4, -0.2) is 48.4 Å². The zero-order valence-electron chi connectivity index (χ0n) is 23.7. The summed E-state index contributed by atoms with van der Waals surface area (Å²) in [5.41, 5.74) is 0.856. The summed E-state index contributed by atoms with van der Waals surface area (Å²) in [5.74, 6) is 0.0337. The predicted octanol–water partition coefficient (Wildman–Crippen LogP) is 6.51. The fourth-order valence-corrected chi connectivity index (χ4v) is 6.40. The first-order valence-electron chi connectivity index (χ1n) is 14.5. The van der Waals surface area contributed by atoms with E-state index >= 15 is 0 Å². The molecular weight excluding hydrogens is 522 g/mol. The van der Waals surface area contributed by atoms with Crippen LogP contribution in [0, 0.1) is 17.0 Å². The molecule has 1 saturated heterocycles. The number of ether oxygens (including phenoxy) is 1. The lowest BCUT2D eigenvalue weighted by Crippen LogP contribution is -2.52. The molecule has 41 heavy (non-hydrogen) atoms. The molecule has 5 rings (SSSR count). The van der Waals surface area contributed by atoms with Crippen molar-refractivity contribution >= 4 is 11.8 Å². The predicted molar refractivity (Wildman–Crippen MR) is 154 cm³/mol. The summed E-state index contributed by atoms with van der Waals surface area (Å²) in [5, 5.41) is 0. The number of halogens is 2. The Balaban J connectivity index is 1.31. The topological polar surface area (TPSA) is 49.9 Å². The Hall–Kier alpha value is -3.74. The van der Waals surface area contributed by atoms with Crippen molar-refractivity contribution < 1.29 is 23.1 Å². The number of piperidine rings is 1. The minimum atomic E-state index is -0.621. The van der Waals surface area contributed by atoms with Gasteiger partial charge in [0.05, 0.1) is 12.0 Å². The number of amides is 2. The maximum absolute atomic E-state index is 14.1. The third kappa shape index (κ3) is 6.61. The Morgan fingerprint density at radius 1 is 0.829 bits per heavy atom. The van der Waals surface area contributed by atoms with Crippen molar-refractivity contribution in [2.75, 3.05) is 26.7 Å². The average molecular weight is 561 g/mol. The lowest BCUT2D eigenvalue weighted by atomic mass is 9.73. The Kier molecular flexibility index (Phi) is 8.71. The van der Waals surface area contributed by atoms with Crippen LogP contribution in [0.15, 0.2) is 78.9 Å². The van der Waals surface area contributed by atoms with Gasteiger partial charge in [-0.1, -0.05) is 55.3 Å². The van der Waals surface area contributed by atoms with E-state index in [1.165, 1.54) is 24.3 Å². The minimum Gasteiger partial charge on any atom is -0.493 e. The number of hydrogen-bond donors (Lipinski definition) is 0. The van der Waals surface area contributed by atoms with Crippen LogP contribution < -0.4 is 4.74 Å². The van der Waals surface area contributed by atoms with Crippen molar-refractivity contribution in [3.63, 3.8) is 0 Å². The maximum Gasteiger partial charge on any atom is 0.233 e. The number of benzene rings is 3. The monoisotopic (exact) mass is 560 g/mol. The molecule has 0 aromatic heterocycles. The van der Waals surface area contributed by atoms with E-state index in [0.717, 1.165) is 36.8 Å². The molecule has 1 heterocycles. The molecule has 216 valence electrons. The molecule has 0 unspecified atom stereocenters. The number of carbonyl (C=O) groups is 2. The van der Waals surface area contributed by atoms with Gasteiger partial charge in [-0.3, -0.25) is 9.59 Å². The Labute approximate surface area is 241 Å². The van der Waals surface area contributed by atoms with Gasteiger partial charge in [-0.15, -0.1) is 0 Å². The zero-order valence-corrected chi connectivity index (χ0v) is 23.7. The highest BCUT2D eigenvalue weighted by Gasteiger charge is 2.47. The van der Waals surface area contributed by atoms with Crippen LogP contribution in [0.1, 0.15) is 56.1 Å². The Morgan fingerprint density at radius 2 is 1.41 bits per heavy atom. The van der Waals surface area contributed by atoms with Gasteiger partial charge in [0.25, 0.3) is 0 Å². The van der Waals surface area contributed by atoms with E-state index in [1.807, 2.05) is 42.3 Å². The van der Waals surface area contributed by atoms with Crippen LogP contribution in [0.4, 0.5) is 8.78 Å². The molecule has 2 aliphatic rings. The quantitative estimate of drug-likeness (QED) is 0.300. The maximum atomic E-state index is 14.1. The molecule has 0 atom stereocenters. The number of nitrogens with zero attached hydrogens (tertiary/aromatic N) is 2. The highest BCUT2D eigenvalue weighted by atomic mass is 19.1. The smallest absolute Gasteiger partial charge is 0.233 e. The molecule has 2 amide bonds. The van der Waals surface area contributed by atoms with Gasteiger partial charge in [-0.25, -0.2) is 8.78 Å². The molecule has 0 bridgehead atoms. The van der Waals surface area contributed by atoms with Crippen molar-refractivity contribution in [3.8, 4) is 5.75 Å². The second kappa shape index (κ2) is 12.4. The van der Waals surface area contributed by atoms with Crippen LogP contribution >= 0.6 is 0 Å². The number of rotatable bonds is 9. The molecule has 2 fully saturated rings. The van der Waals surface area contributed by atoms with Gasteiger partial charge in [0.15, 0.2) is 0 Å². The van der Waals surface area contributed by atoms with Crippen LogP contribution in [0.2, 0.25) is 0 Å². The SMILES string of the molecule is CN(Cc1ccccc1)C(=O)CC1(COc2ccc(F)cc2)CCN(C(=O)C2(c3ccc(F)cc3)CCCC2)CC1. The molecular formula is C34H38F2N2O3. The second-order valence-corrected chi connectivity index (χ2v) is 11.7. The van der Waals surface area contributed by atoms with Crippen LogP contribution in [0.3, 0.4) is 0 Å². The van der Waals surface area contributed by atoms with Crippen molar-refractivity contribution in [1.29, 1.82) is 0 Å². The number of carbonyl (C=O) groups excluding carboxylic acids is 2. The molecule has 1 saturated carbocycles. The summed E-state index contributed by atoms with van der Waals surface area (Å²) in [6, 6.07) is 22.2. The molecule has 1 aliphatic heterocycles. The van der Waals surface area contributed by atoms with Crippen LogP contribution in [0.25, 0.3) is 0 Å². The normalized spacial score (nSPS) is 17.7. The van der Waals surface area contributed by atoms with Gasteiger partial charge < -0.3 is 14.5 Å². The lowest BCUT2D eigenvalue weighted by Gasteiger charge is -2.44. The summed E-state index contributed by atoms with van der Waals surface area (Å²) in [6.45, 7) is 1.85. The van der Waals surface area contributed by atoms with Gasteiger partial charge >= 0.3 is 0 Å². The van der Waals surface area contributed by atoms with Gasteiger partial charge in [0, 0.05) is 38.5 Å². The third-order valence-corrected chi connectivity index (χ3v) is 8.95. The van der Waals surface area contributed by atoms with E-state index in [9.17, 15) is 18.4 Å². The van der Waals surface area contributed by atoms with Gasteiger partial charge in [-0.05, 0) is 73.2 Å². The van der Waals surface area contributed by atoms with Gasteiger partial charge in [0.2, 0.25) is 11.8 Å². The van der Waals surface area contributed by atoms with Gasteiger partial charge in [-0.2, -0.15) is 0 Å². The summed E-state index contributed by atoms with van der Waals surface area (Å²) >= 11 is 0. The van der Waals surface area contributed by atoms with Crippen molar-refractivity contribution in [3.05, 3.63) is 102 Å². The third-order valence-electron chi connectivity index (χ3n) is 8.95. The standard InChI is InChI=1S/C34H38F2N2O3/c1-37(24-26-7-3-2-4-8-26)31(39)23-33(25-41-30-15-13-29(36)14-16-30)19-21-38(22-20-33)32(40)34(17-5-6-18-34)27-9-11-28(35)12-10-27/h2-4,7-16H,5-6,17-25H2,1H3. The summed E-state index contributed by atoms with van der Waals surface area (Å²) in [4.78, 5) is 31.2. The van der Waals surface area contributed by atoms with Gasteiger partial charge in [0.1, 0.15) is 17.4 Å². The highest BCUT2D eigenvalue weighted by Crippen LogP contribution is 2.45. The average Bonchev–Trinajstić information content (AvgIpc) is 3.49. The fourth-order valence-electron chi connectivity index (χ4n) is 6.40. The first-order valence-corrected chi connectivity index (χ1v) is 14.5. The Bertz CT molecular complexity index is 1310. The van der Waals surface area contributed by atoms with E-state index in [-0.39, 0.29) is 23.4 Å². The fraction of sp³-hybridized carbons (Fsp3) is 0.412. The molecule has 7 heteroatoms. The molecule has 0 radical (unpaired) electrons. The van der Waals surface area contributed by atoms with E-state index in [0.29, 0.717) is 51.3 Å². The van der Waals surface area contributed by atoms with E-state index < -0.39 is 10.8 Å². The van der Waals surface area contributed by atoms with E-state index in [1.54, 1.807) is 29.2 Å². The molecule has 5 nitrogen and oxygen atoms in total. The minimum absolute atomic E-state index is 0.0231. The zero-order chi connectivity index (χ0) is 28.9. The molecule has 3 aromatic carbocycles. The summed E-state index contributed by atoms with van der Waals surface area (Å²) in [7, 11) is 1.81. The van der Waals surface area contributed by atoms with E-state index in [4.69, 9.17) is 4.74 Å². The molecule has 1 aliphatic carbocycles. The van der Waals surface area contributed by atoms with Crippen molar-refractivity contribution in [2.24, 2.45) is 5.41 Å². The number of hydrogen-bond acceptors (Lipinski definition) is 3. The Morgan fingerprint density at radius 3 is 2.02 bits per heavy atom. The largest absolute Gasteiger partial charge is 0.493 e. The first kappa shape index (κ1) is 28.8. The lowest BCUT2D eigenvalue weighted by molar-refractivity contribution is -0.141. The van der Waals surface area contributed by atoms with Crippen molar-refractivity contribution in [1.82, 2.24) is 9.80 Å². The van der Waals surface area contributed by atoms with E-state index in [2.05, 4.69) is 0 Å². The van der Waals surface area contributed by atoms with Crippen molar-refractivity contribution in [2.45, 2.75) is 56.9 Å². The second-order valence-electron chi connectivity index (χ2n) is 11.7.